The Morgan fingerprint density at radius 3 is 2.58 bits per heavy atom. The summed E-state index contributed by atoms with van der Waals surface area (Å²) >= 11 is 0. The first-order valence-electron chi connectivity index (χ1n) is 7.01. The third kappa shape index (κ3) is 1.88. The summed E-state index contributed by atoms with van der Waals surface area (Å²) in [6, 6.07) is 8.81. The lowest BCUT2D eigenvalue weighted by atomic mass is 9.89. The molecule has 0 aromatic heterocycles. The molecule has 1 aromatic rings. The first-order chi connectivity index (χ1) is 8.84. The molecule has 0 aliphatic carbocycles. The van der Waals surface area contributed by atoms with Crippen LogP contribution in [-0.4, -0.2) is 27.9 Å². The van der Waals surface area contributed by atoms with Gasteiger partial charge in [-0.25, -0.2) is 0 Å². The van der Waals surface area contributed by atoms with E-state index < -0.39 is 0 Å². The van der Waals surface area contributed by atoms with Gasteiger partial charge < -0.3 is 5.32 Å². The molecule has 0 radical (unpaired) electrons. The minimum atomic E-state index is -0.304. The molecule has 2 aliphatic heterocycles. The average Bonchev–Trinajstić information content (AvgIpc) is 2.91. The van der Waals surface area contributed by atoms with Crippen LogP contribution < -0.4 is 5.32 Å². The van der Waals surface area contributed by atoms with Crippen LogP contribution in [0.5, 0.6) is 0 Å². The molecule has 0 saturated carbocycles. The first kappa shape index (κ1) is 12.7. The number of nitrogens with zero attached hydrogens (tertiary/aromatic N) is 1. The summed E-state index contributed by atoms with van der Waals surface area (Å²) in [5.74, 6) is 0.182. The summed E-state index contributed by atoms with van der Waals surface area (Å²) in [6.45, 7) is 9.17. The Labute approximate surface area is 115 Å². The number of hydrogen-bond donors (Lipinski definition) is 1. The third-order valence-electron chi connectivity index (χ3n) is 4.40. The fraction of sp³-hybridized carbons (Fsp3) is 0.562. The van der Waals surface area contributed by atoms with E-state index in [1.54, 1.807) is 0 Å². The molecule has 3 atom stereocenters. The lowest BCUT2D eigenvalue weighted by molar-refractivity contribution is -0.126. The van der Waals surface area contributed by atoms with Crippen molar-refractivity contribution in [3.8, 4) is 0 Å². The molecule has 3 heteroatoms. The molecule has 1 N–H and O–H groups in total. The monoisotopic (exact) mass is 258 g/mol. The SMILES string of the molecule is C[C@@H]1N2Cc3ccccc3C[C@]12C(=O)NC(C)(C)C. The Morgan fingerprint density at radius 1 is 1.32 bits per heavy atom. The van der Waals surface area contributed by atoms with Crippen molar-refractivity contribution in [3.63, 3.8) is 0 Å². The summed E-state index contributed by atoms with van der Waals surface area (Å²) in [6.07, 6.45) is 0.840. The van der Waals surface area contributed by atoms with E-state index in [1.165, 1.54) is 11.1 Å². The molecule has 3 nitrogen and oxygen atoms in total. The van der Waals surface area contributed by atoms with Crippen LogP contribution in [0.1, 0.15) is 38.8 Å². The van der Waals surface area contributed by atoms with E-state index in [4.69, 9.17) is 0 Å². The van der Waals surface area contributed by atoms with Gasteiger partial charge in [0.1, 0.15) is 5.54 Å². The van der Waals surface area contributed by atoms with Crippen molar-refractivity contribution >= 4 is 5.91 Å². The standard InChI is InChI=1S/C16H22N2O/c1-11-16(14(19)17-15(2,3)4)9-12-7-5-6-8-13(12)10-18(11)16/h5-8,11H,9-10H2,1-4H3,(H,17,19)/t11-,16+,18?/m0/s1. The van der Waals surface area contributed by atoms with Gasteiger partial charge in [-0.3, -0.25) is 9.69 Å². The molecule has 0 spiro atoms. The fourth-order valence-electron chi connectivity index (χ4n) is 3.29. The number of fused-ring (bicyclic) bond motifs is 2. The summed E-state index contributed by atoms with van der Waals surface area (Å²) in [5.41, 5.74) is 2.22. The maximum Gasteiger partial charge on any atom is 0.242 e. The smallest absolute Gasteiger partial charge is 0.242 e. The molecule has 1 aromatic carbocycles. The van der Waals surface area contributed by atoms with Gasteiger partial charge in [0.05, 0.1) is 0 Å². The highest BCUT2D eigenvalue weighted by Gasteiger charge is 2.66. The van der Waals surface area contributed by atoms with E-state index in [0.717, 1.165) is 13.0 Å². The van der Waals surface area contributed by atoms with Gasteiger partial charge in [-0.1, -0.05) is 24.3 Å². The predicted molar refractivity (Wildman–Crippen MR) is 75.8 cm³/mol. The number of rotatable bonds is 1. The summed E-state index contributed by atoms with van der Waals surface area (Å²) in [4.78, 5) is 15.0. The van der Waals surface area contributed by atoms with Gasteiger partial charge in [-0.2, -0.15) is 0 Å². The van der Waals surface area contributed by atoms with E-state index in [2.05, 4.69) is 41.4 Å². The second-order valence-corrected chi connectivity index (χ2v) is 6.88. The van der Waals surface area contributed by atoms with Gasteiger partial charge >= 0.3 is 0 Å². The van der Waals surface area contributed by atoms with Gasteiger partial charge in [0.15, 0.2) is 0 Å². The number of hydrogen-bond acceptors (Lipinski definition) is 2. The molecular formula is C16H22N2O. The lowest BCUT2D eigenvalue weighted by Crippen LogP contribution is -2.51. The highest BCUT2D eigenvalue weighted by atomic mass is 16.2. The summed E-state index contributed by atoms with van der Waals surface area (Å²) in [7, 11) is 0. The number of carbonyl (C=O) groups excluding carboxylic acids is 1. The normalized spacial score (nSPS) is 32.2. The minimum absolute atomic E-state index is 0.170. The average molecular weight is 258 g/mol. The Hall–Kier alpha value is -1.35. The number of carbonyl (C=O) groups is 1. The van der Waals surface area contributed by atoms with Crippen molar-refractivity contribution in [2.45, 2.75) is 57.8 Å². The maximum atomic E-state index is 12.6. The fourth-order valence-corrected chi connectivity index (χ4v) is 3.29. The van der Waals surface area contributed by atoms with E-state index in [-0.39, 0.29) is 17.0 Å². The second-order valence-electron chi connectivity index (χ2n) is 6.88. The molecular weight excluding hydrogens is 236 g/mol. The zero-order valence-corrected chi connectivity index (χ0v) is 12.2. The van der Waals surface area contributed by atoms with E-state index in [0.29, 0.717) is 6.04 Å². The van der Waals surface area contributed by atoms with Crippen molar-refractivity contribution in [2.75, 3.05) is 0 Å². The molecule has 102 valence electrons. The second kappa shape index (κ2) is 3.83. The van der Waals surface area contributed by atoms with Crippen LogP contribution in [0.3, 0.4) is 0 Å². The highest BCUT2D eigenvalue weighted by Crippen LogP contribution is 2.49. The van der Waals surface area contributed by atoms with Crippen molar-refractivity contribution in [3.05, 3.63) is 35.4 Å². The predicted octanol–water partition coefficient (Wildman–Crippen LogP) is 2.10. The zero-order chi connectivity index (χ0) is 13.8. The molecule has 0 bridgehead atoms. The molecule has 3 rings (SSSR count). The summed E-state index contributed by atoms with van der Waals surface area (Å²) in [5, 5.41) is 3.15. The van der Waals surface area contributed by atoms with Crippen molar-refractivity contribution in [1.82, 2.24) is 10.2 Å². The number of nitrogens with one attached hydrogen (secondary N) is 1. The van der Waals surface area contributed by atoms with Gasteiger partial charge in [0.2, 0.25) is 5.91 Å². The van der Waals surface area contributed by atoms with Crippen molar-refractivity contribution < 1.29 is 4.79 Å². The number of amides is 1. The summed E-state index contributed by atoms with van der Waals surface area (Å²) < 4.78 is 0. The van der Waals surface area contributed by atoms with Crippen LogP contribution in [0.25, 0.3) is 0 Å². The highest BCUT2D eigenvalue weighted by molar-refractivity contribution is 5.92. The topological polar surface area (TPSA) is 32.1 Å². The number of benzene rings is 1. The van der Waals surface area contributed by atoms with Crippen LogP contribution in [0.4, 0.5) is 0 Å². The lowest BCUT2D eigenvalue weighted by Gasteiger charge is -2.28. The zero-order valence-electron chi connectivity index (χ0n) is 12.2. The van der Waals surface area contributed by atoms with Crippen LogP contribution >= 0.6 is 0 Å². The quantitative estimate of drug-likeness (QED) is 0.782. The Morgan fingerprint density at radius 2 is 1.95 bits per heavy atom. The Balaban J connectivity index is 1.88. The molecule has 1 fully saturated rings. The van der Waals surface area contributed by atoms with Crippen molar-refractivity contribution in [2.24, 2.45) is 0 Å². The van der Waals surface area contributed by atoms with Crippen LogP contribution in [0.15, 0.2) is 24.3 Å². The van der Waals surface area contributed by atoms with E-state index in [1.807, 2.05) is 20.8 Å². The van der Waals surface area contributed by atoms with Crippen LogP contribution in [0.2, 0.25) is 0 Å². The molecule has 1 amide bonds. The van der Waals surface area contributed by atoms with Gasteiger partial charge in [-0.15, -0.1) is 0 Å². The van der Waals surface area contributed by atoms with Crippen LogP contribution in [-0.2, 0) is 17.8 Å². The van der Waals surface area contributed by atoms with E-state index >= 15 is 0 Å². The van der Waals surface area contributed by atoms with Crippen molar-refractivity contribution in [1.29, 1.82) is 0 Å². The van der Waals surface area contributed by atoms with Gasteiger partial charge in [0.25, 0.3) is 0 Å². The largest absolute Gasteiger partial charge is 0.350 e. The minimum Gasteiger partial charge on any atom is -0.350 e. The molecule has 1 saturated heterocycles. The Kier molecular flexibility index (Phi) is 2.55. The van der Waals surface area contributed by atoms with Gasteiger partial charge in [-0.05, 0) is 38.8 Å². The van der Waals surface area contributed by atoms with Crippen LogP contribution in [0, 0.1) is 0 Å². The van der Waals surface area contributed by atoms with E-state index in [9.17, 15) is 4.79 Å². The molecule has 2 aliphatic rings. The molecule has 1 unspecified atom stereocenters. The molecule has 2 heterocycles. The molecule has 19 heavy (non-hydrogen) atoms. The van der Waals surface area contributed by atoms with Gasteiger partial charge in [0, 0.05) is 24.5 Å². The third-order valence-corrected chi connectivity index (χ3v) is 4.40. The maximum absolute atomic E-state index is 12.6. The first-order valence-corrected chi connectivity index (χ1v) is 7.01. The Bertz CT molecular complexity index is 532.